The van der Waals surface area contributed by atoms with Crippen molar-refractivity contribution in [1.29, 1.82) is 0 Å². The molecule has 0 aliphatic carbocycles. The van der Waals surface area contributed by atoms with Crippen LogP contribution in [-0.4, -0.2) is 26.1 Å². The highest BCUT2D eigenvalue weighted by molar-refractivity contribution is 6.36. The minimum atomic E-state index is -0.504. The number of fused-ring (bicyclic) bond motifs is 3. The Balaban J connectivity index is 1.42. The molecule has 6 aromatic rings. The van der Waals surface area contributed by atoms with Gasteiger partial charge in [0, 0.05) is 36.4 Å². The molecule has 1 aliphatic rings. The largest absolute Gasteiger partial charge is 0.366 e. The molecular formula is C34H29ClN6O2. The highest BCUT2D eigenvalue weighted by Crippen LogP contribution is 2.37. The summed E-state index contributed by atoms with van der Waals surface area (Å²) in [5.41, 5.74) is 6.02. The first kappa shape index (κ1) is 26.9. The lowest BCUT2D eigenvalue weighted by molar-refractivity contribution is 0.732. The van der Waals surface area contributed by atoms with Gasteiger partial charge >= 0.3 is 0 Å². The maximum Gasteiger partial charge on any atom is 0.265 e. The normalized spacial score (nSPS) is 13.7. The summed E-state index contributed by atoms with van der Waals surface area (Å²) in [5.74, 6) is 0.360. The van der Waals surface area contributed by atoms with Crippen LogP contribution in [0.1, 0.15) is 35.3 Å². The van der Waals surface area contributed by atoms with Gasteiger partial charge in [0.25, 0.3) is 5.56 Å². The highest BCUT2D eigenvalue weighted by atomic mass is 35.5. The van der Waals surface area contributed by atoms with Crippen molar-refractivity contribution in [2.75, 3.05) is 16.8 Å². The standard InChI is InChI=1S/C34H29ClN6O2/c1-20-11-12-22-14-16-40(18-23(22)17-20)26-10-6-9-25-28(26)34(43)41(24-7-4-3-5-8-24)31(30(25)35)21(2)39-33-29-27(42)13-15-36-32(29)37-19-38-33/h3-13,15,17,19,21H,14,16,18H2,1-2H3,(H2,36,37,38,39,42)/t21-/m0/s1. The molecule has 0 radical (unpaired) electrons. The second-order valence-corrected chi connectivity index (χ2v) is 11.4. The van der Waals surface area contributed by atoms with E-state index in [1.165, 1.54) is 29.1 Å². The van der Waals surface area contributed by atoms with Crippen LogP contribution in [0.5, 0.6) is 0 Å². The number of nitrogens with zero attached hydrogens (tertiary/aromatic N) is 4. The molecular weight excluding hydrogens is 560 g/mol. The number of hydrogen-bond donors (Lipinski definition) is 2. The average Bonchev–Trinajstić information content (AvgIpc) is 3.02. The molecule has 0 unspecified atom stereocenters. The number of aromatic amines is 1. The molecule has 3 aromatic carbocycles. The van der Waals surface area contributed by atoms with Crippen molar-refractivity contribution < 1.29 is 0 Å². The first-order valence-corrected chi connectivity index (χ1v) is 14.6. The number of H-pyrrole nitrogens is 1. The molecule has 0 saturated heterocycles. The summed E-state index contributed by atoms with van der Waals surface area (Å²) in [6.45, 7) is 5.53. The minimum Gasteiger partial charge on any atom is -0.366 e. The third-order valence-corrected chi connectivity index (χ3v) is 8.60. The Morgan fingerprint density at radius 1 is 0.953 bits per heavy atom. The molecule has 214 valence electrons. The highest BCUT2D eigenvalue weighted by Gasteiger charge is 2.26. The number of halogens is 1. The zero-order valence-electron chi connectivity index (χ0n) is 23.8. The molecule has 1 atom stereocenters. The van der Waals surface area contributed by atoms with Crippen LogP contribution in [0.25, 0.3) is 27.5 Å². The van der Waals surface area contributed by atoms with Gasteiger partial charge in [0.2, 0.25) is 0 Å². The van der Waals surface area contributed by atoms with Crippen LogP contribution in [-0.2, 0) is 13.0 Å². The van der Waals surface area contributed by atoms with E-state index >= 15 is 0 Å². The number of rotatable bonds is 5. The summed E-state index contributed by atoms with van der Waals surface area (Å²) in [6, 6.07) is 22.9. The summed E-state index contributed by atoms with van der Waals surface area (Å²) < 4.78 is 1.68. The number of anilines is 2. The van der Waals surface area contributed by atoms with E-state index in [1.807, 2.05) is 55.5 Å². The number of aryl methyl sites for hydroxylation is 1. The van der Waals surface area contributed by atoms with Crippen molar-refractivity contribution in [3.05, 3.63) is 133 Å². The van der Waals surface area contributed by atoms with Crippen LogP contribution in [0.2, 0.25) is 5.02 Å². The van der Waals surface area contributed by atoms with Gasteiger partial charge in [-0.05, 0) is 49.6 Å². The fourth-order valence-corrected chi connectivity index (χ4v) is 6.57. The van der Waals surface area contributed by atoms with Gasteiger partial charge in [-0.15, -0.1) is 0 Å². The average molecular weight is 589 g/mol. The molecule has 0 fully saturated rings. The van der Waals surface area contributed by atoms with E-state index < -0.39 is 6.04 Å². The van der Waals surface area contributed by atoms with Gasteiger partial charge in [0.1, 0.15) is 23.2 Å². The van der Waals surface area contributed by atoms with E-state index in [9.17, 15) is 9.59 Å². The first-order chi connectivity index (χ1) is 20.9. The second kappa shape index (κ2) is 10.7. The fourth-order valence-electron chi connectivity index (χ4n) is 6.17. The van der Waals surface area contributed by atoms with E-state index in [1.54, 1.807) is 10.8 Å². The Kier molecular flexibility index (Phi) is 6.70. The number of hydrogen-bond acceptors (Lipinski definition) is 6. The minimum absolute atomic E-state index is 0.162. The third kappa shape index (κ3) is 4.64. The Morgan fingerprint density at radius 3 is 2.63 bits per heavy atom. The number of nitrogens with one attached hydrogen (secondary N) is 2. The van der Waals surface area contributed by atoms with E-state index in [2.05, 4.69) is 50.3 Å². The van der Waals surface area contributed by atoms with Crippen molar-refractivity contribution in [1.82, 2.24) is 19.5 Å². The van der Waals surface area contributed by atoms with Gasteiger partial charge in [-0.1, -0.05) is 65.7 Å². The Morgan fingerprint density at radius 2 is 1.79 bits per heavy atom. The molecule has 0 saturated carbocycles. The monoisotopic (exact) mass is 588 g/mol. The lowest BCUT2D eigenvalue weighted by Gasteiger charge is -2.32. The third-order valence-electron chi connectivity index (χ3n) is 8.20. The topological polar surface area (TPSA) is 95.9 Å². The zero-order valence-corrected chi connectivity index (χ0v) is 24.5. The van der Waals surface area contributed by atoms with Crippen LogP contribution in [0.15, 0.2) is 94.9 Å². The van der Waals surface area contributed by atoms with Crippen molar-refractivity contribution in [3.63, 3.8) is 0 Å². The number of aromatic nitrogens is 4. The van der Waals surface area contributed by atoms with Gasteiger partial charge < -0.3 is 15.2 Å². The summed E-state index contributed by atoms with van der Waals surface area (Å²) in [7, 11) is 0. The molecule has 2 N–H and O–H groups in total. The van der Waals surface area contributed by atoms with Gasteiger partial charge in [0.05, 0.1) is 27.8 Å². The van der Waals surface area contributed by atoms with Crippen molar-refractivity contribution >= 4 is 44.9 Å². The lowest BCUT2D eigenvalue weighted by Crippen LogP contribution is -2.33. The van der Waals surface area contributed by atoms with E-state index in [0.29, 0.717) is 50.6 Å². The quantitative estimate of drug-likeness (QED) is 0.245. The summed E-state index contributed by atoms with van der Waals surface area (Å²) in [5, 5.41) is 5.41. The maximum atomic E-state index is 14.7. The summed E-state index contributed by atoms with van der Waals surface area (Å²) in [4.78, 5) is 41.3. The van der Waals surface area contributed by atoms with E-state index in [4.69, 9.17) is 11.6 Å². The molecule has 7 rings (SSSR count). The molecule has 3 aromatic heterocycles. The van der Waals surface area contributed by atoms with Crippen LogP contribution in [0.4, 0.5) is 11.5 Å². The van der Waals surface area contributed by atoms with Crippen LogP contribution < -0.4 is 21.2 Å². The predicted molar refractivity (Wildman–Crippen MR) is 173 cm³/mol. The number of para-hydroxylation sites is 1. The zero-order chi connectivity index (χ0) is 29.7. The molecule has 43 heavy (non-hydrogen) atoms. The number of benzene rings is 3. The van der Waals surface area contributed by atoms with Gasteiger partial charge in [0.15, 0.2) is 5.43 Å². The predicted octanol–water partition coefficient (Wildman–Crippen LogP) is 6.32. The van der Waals surface area contributed by atoms with Crippen molar-refractivity contribution in [3.8, 4) is 5.69 Å². The van der Waals surface area contributed by atoms with Crippen LogP contribution >= 0.6 is 11.6 Å². The SMILES string of the molecule is Cc1ccc2c(c1)CN(c1cccc3c(Cl)c([C@H](C)Nc4ncnc5[nH]ccc(=O)c45)n(-c4ccccc4)c(=O)c13)CC2. The molecule has 0 bridgehead atoms. The van der Waals surface area contributed by atoms with Crippen LogP contribution in [0.3, 0.4) is 0 Å². The van der Waals surface area contributed by atoms with Crippen molar-refractivity contribution in [2.24, 2.45) is 0 Å². The van der Waals surface area contributed by atoms with E-state index in [0.717, 1.165) is 18.7 Å². The smallest absolute Gasteiger partial charge is 0.265 e. The Labute approximate surface area is 252 Å². The molecule has 9 heteroatoms. The molecule has 8 nitrogen and oxygen atoms in total. The second-order valence-electron chi connectivity index (χ2n) is 11.0. The fraction of sp³-hybridized carbons (Fsp3) is 0.176. The summed E-state index contributed by atoms with van der Waals surface area (Å²) >= 11 is 7.27. The van der Waals surface area contributed by atoms with Gasteiger partial charge in [-0.25, -0.2) is 9.97 Å². The summed E-state index contributed by atoms with van der Waals surface area (Å²) in [6.07, 6.45) is 3.85. The Hall–Kier alpha value is -4.95. The molecule has 4 heterocycles. The van der Waals surface area contributed by atoms with E-state index in [-0.39, 0.29) is 11.0 Å². The molecule has 1 aliphatic heterocycles. The van der Waals surface area contributed by atoms with Gasteiger partial charge in [-0.3, -0.25) is 14.2 Å². The van der Waals surface area contributed by atoms with Crippen molar-refractivity contribution in [2.45, 2.75) is 32.9 Å². The van der Waals surface area contributed by atoms with Crippen LogP contribution in [0, 0.1) is 6.92 Å². The maximum absolute atomic E-state index is 14.7. The molecule has 0 amide bonds. The number of pyridine rings is 2. The molecule has 0 spiro atoms. The first-order valence-electron chi connectivity index (χ1n) is 14.3. The Bertz CT molecular complexity index is 2140. The van der Waals surface area contributed by atoms with Gasteiger partial charge in [-0.2, -0.15) is 0 Å². The lowest BCUT2D eigenvalue weighted by atomic mass is 9.96.